The van der Waals surface area contributed by atoms with E-state index in [1.54, 1.807) is 0 Å². The van der Waals surface area contributed by atoms with Gasteiger partial charge in [0, 0.05) is 38.9 Å². The Bertz CT molecular complexity index is 1990. The van der Waals surface area contributed by atoms with Gasteiger partial charge in [-0.05, 0) is 24.7 Å². The van der Waals surface area contributed by atoms with Crippen molar-refractivity contribution in [3.8, 4) is 0 Å². The highest BCUT2D eigenvalue weighted by Crippen LogP contribution is 2.42. The highest BCUT2D eigenvalue weighted by molar-refractivity contribution is 7.26. The van der Waals surface area contributed by atoms with Crippen LogP contribution in [0.1, 0.15) is 17.4 Å². The number of hydrogen-bond acceptors (Lipinski definition) is 3. The largest absolute Gasteiger partial charge is 0.326 e. The predicted molar refractivity (Wildman–Crippen MR) is 171 cm³/mol. The van der Waals surface area contributed by atoms with E-state index < -0.39 is 0 Å². The summed E-state index contributed by atoms with van der Waals surface area (Å²) < 4.78 is 5.08. The molecule has 0 bridgehead atoms. The molecular formula is C35H30N4S. The molecule has 4 nitrogen and oxygen atoms in total. The second kappa shape index (κ2) is 10.3. The Hall–Kier alpha value is -4.45. The molecule has 1 N–H and O–H groups in total. The van der Waals surface area contributed by atoms with Gasteiger partial charge in [0.05, 0.1) is 22.3 Å². The fourth-order valence-electron chi connectivity index (χ4n) is 5.87. The molecule has 0 spiro atoms. The Morgan fingerprint density at radius 3 is 2.17 bits per heavy atom. The summed E-state index contributed by atoms with van der Waals surface area (Å²) in [5.74, 6) is 0.943. The summed E-state index contributed by atoms with van der Waals surface area (Å²) in [7, 11) is 4.18. The fourth-order valence-corrected chi connectivity index (χ4v) is 7.12. The molecule has 2 aromatic heterocycles. The Morgan fingerprint density at radius 2 is 1.40 bits per heavy atom. The molecule has 0 amide bonds. The zero-order chi connectivity index (χ0) is 27.1. The third-order valence-corrected chi connectivity index (χ3v) is 8.90. The highest BCUT2D eigenvalue weighted by Gasteiger charge is 2.25. The lowest BCUT2D eigenvalue weighted by atomic mass is 10.1. The molecule has 1 unspecified atom stereocenters. The maximum atomic E-state index is 5.19. The number of aromatic nitrogens is 1. The lowest BCUT2D eigenvalue weighted by molar-refractivity contribution is 0.248. The molecule has 2 heterocycles. The van der Waals surface area contributed by atoms with Crippen LogP contribution in [0.4, 0.5) is 0 Å². The van der Waals surface area contributed by atoms with Crippen LogP contribution in [-0.4, -0.2) is 29.4 Å². The minimum Gasteiger partial charge on any atom is -0.326 e. The van der Waals surface area contributed by atoms with Gasteiger partial charge in [-0.25, -0.2) is 0 Å². The van der Waals surface area contributed by atoms with Gasteiger partial charge in [0.2, 0.25) is 0 Å². The molecule has 0 saturated carbocycles. The van der Waals surface area contributed by atoms with Crippen molar-refractivity contribution < 1.29 is 0 Å². The standard InChI is InChI=1S/C35H30N4S/c1-36-35(38(2)34(25-15-7-4-8-16-25)37-23-24-13-5-3-6-14-24)39-30-19-11-9-17-26(30)28-21-22-29-27-18-10-12-20-31(27)40-33(29)32(28)39/h3-22,35-36H,23H2,1-2H3. The zero-order valence-corrected chi connectivity index (χ0v) is 23.4. The van der Waals surface area contributed by atoms with Crippen molar-refractivity contribution in [1.29, 1.82) is 0 Å². The van der Waals surface area contributed by atoms with Crippen molar-refractivity contribution in [1.82, 2.24) is 14.8 Å². The number of amidine groups is 1. The molecule has 5 aromatic carbocycles. The molecule has 7 rings (SSSR count). The molecular weight excluding hydrogens is 508 g/mol. The zero-order valence-electron chi connectivity index (χ0n) is 22.6. The fraction of sp³-hybridized carbons (Fsp3) is 0.114. The van der Waals surface area contributed by atoms with E-state index in [0.717, 1.165) is 11.4 Å². The van der Waals surface area contributed by atoms with Crippen LogP contribution >= 0.6 is 11.3 Å². The van der Waals surface area contributed by atoms with E-state index in [1.807, 2.05) is 24.5 Å². The average Bonchev–Trinajstić information content (AvgIpc) is 3.55. The van der Waals surface area contributed by atoms with Crippen LogP contribution in [-0.2, 0) is 6.54 Å². The van der Waals surface area contributed by atoms with E-state index >= 15 is 0 Å². The molecule has 1 atom stereocenters. The van der Waals surface area contributed by atoms with Gasteiger partial charge in [0.1, 0.15) is 5.84 Å². The van der Waals surface area contributed by atoms with Crippen molar-refractivity contribution in [2.45, 2.75) is 12.8 Å². The van der Waals surface area contributed by atoms with Gasteiger partial charge in [0.15, 0.2) is 6.29 Å². The average molecular weight is 539 g/mol. The van der Waals surface area contributed by atoms with Crippen molar-refractivity contribution >= 4 is 59.2 Å². The molecule has 0 aliphatic heterocycles. The number of thiophene rings is 1. The van der Waals surface area contributed by atoms with Gasteiger partial charge in [-0.3, -0.25) is 10.3 Å². The lowest BCUT2D eigenvalue weighted by Gasteiger charge is -2.33. The third kappa shape index (κ3) is 4.06. The first-order valence-electron chi connectivity index (χ1n) is 13.6. The summed E-state index contributed by atoms with van der Waals surface area (Å²) in [5.41, 5.74) is 4.73. The highest BCUT2D eigenvalue weighted by atomic mass is 32.1. The second-order valence-electron chi connectivity index (χ2n) is 10.1. The Kier molecular flexibility index (Phi) is 6.31. The molecule has 0 aliphatic carbocycles. The predicted octanol–water partition coefficient (Wildman–Crippen LogP) is 8.42. The van der Waals surface area contributed by atoms with Crippen LogP contribution in [0.2, 0.25) is 0 Å². The number of nitrogens with zero attached hydrogens (tertiary/aromatic N) is 3. The van der Waals surface area contributed by atoms with Crippen molar-refractivity contribution in [2.24, 2.45) is 4.99 Å². The number of hydrogen-bond donors (Lipinski definition) is 1. The second-order valence-corrected chi connectivity index (χ2v) is 11.1. The van der Waals surface area contributed by atoms with Crippen molar-refractivity contribution in [3.05, 3.63) is 132 Å². The molecule has 0 saturated heterocycles. The third-order valence-electron chi connectivity index (χ3n) is 7.71. The molecule has 0 radical (unpaired) electrons. The van der Waals surface area contributed by atoms with Crippen LogP contribution in [0.15, 0.2) is 126 Å². The van der Waals surface area contributed by atoms with E-state index in [2.05, 4.69) is 137 Å². The van der Waals surface area contributed by atoms with Gasteiger partial charge in [-0.2, -0.15) is 0 Å². The summed E-state index contributed by atoms with van der Waals surface area (Å²) in [5, 5.41) is 8.79. The number of aliphatic imine (C=N–C) groups is 1. The Morgan fingerprint density at radius 1 is 0.750 bits per heavy atom. The summed E-state index contributed by atoms with van der Waals surface area (Å²) >= 11 is 1.88. The first kappa shape index (κ1) is 24.6. The lowest BCUT2D eigenvalue weighted by Crippen LogP contribution is -2.42. The quantitative estimate of drug-likeness (QED) is 0.131. The van der Waals surface area contributed by atoms with Gasteiger partial charge in [-0.15, -0.1) is 11.3 Å². The van der Waals surface area contributed by atoms with E-state index in [1.165, 1.54) is 47.5 Å². The number of para-hydroxylation sites is 1. The van der Waals surface area contributed by atoms with Gasteiger partial charge in [-0.1, -0.05) is 109 Å². The van der Waals surface area contributed by atoms with Crippen molar-refractivity contribution in [3.63, 3.8) is 0 Å². The topological polar surface area (TPSA) is 32.6 Å². The molecule has 196 valence electrons. The Labute approximate surface area is 237 Å². The van der Waals surface area contributed by atoms with E-state index in [0.29, 0.717) is 6.54 Å². The summed E-state index contributed by atoms with van der Waals surface area (Å²) in [4.78, 5) is 7.47. The minimum atomic E-state index is -0.173. The monoisotopic (exact) mass is 538 g/mol. The molecule has 0 fully saturated rings. The molecule has 40 heavy (non-hydrogen) atoms. The Balaban J connectivity index is 1.46. The maximum absolute atomic E-state index is 5.19. The van der Waals surface area contributed by atoms with E-state index in [9.17, 15) is 0 Å². The summed E-state index contributed by atoms with van der Waals surface area (Å²) in [6, 6.07) is 43.0. The normalized spacial score (nSPS) is 13.0. The number of fused-ring (bicyclic) bond motifs is 7. The van der Waals surface area contributed by atoms with Crippen LogP contribution < -0.4 is 5.32 Å². The van der Waals surface area contributed by atoms with Crippen LogP contribution in [0.25, 0.3) is 42.0 Å². The van der Waals surface area contributed by atoms with Crippen LogP contribution in [0.3, 0.4) is 0 Å². The van der Waals surface area contributed by atoms with Crippen molar-refractivity contribution in [2.75, 3.05) is 14.1 Å². The van der Waals surface area contributed by atoms with Gasteiger partial charge in [0.25, 0.3) is 0 Å². The SMILES string of the molecule is CNC(N(C)C(=NCc1ccccc1)c1ccccc1)n1c2ccccc2c2ccc3c4ccccc4sc3c21. The van der Waals surface area contributed by atoms with E-state index in [-0.39, 0.29) is 6.29 Å². The van der Waals surface area contributed by atoms with Crippen LogP contribution in [0, 0.1) is 0 Å². The smallest absolute Gasteiger partial charge is 0.163 e. The summed E-state index contributed by atoms with van der Waals surface area (Å²) in [6.45, 7) is 0.611. The van der Waals surface area contributed by atoms with E-state index in [4.69, 9.17) is 4.99 Å². The molecule has 5 heteroatoms. The number of benzene rings is 5. The van der Waals surface area contributed by atoms with Gasteiger partial charge >= 0.3 is 0 Å². The first-order valence-corrected chi connectivity index (χ1v) is 14.4. The molecule has 0 aliphatic rings. The first-order chi connectivity index (χ1) is 19.7. The minimum absolute atomic E-state index is 0.173. The van der Waals surface area contributed by atoms with Crippen LogP contribution in [0.5, 0.6) is 0 Å². The number of nitrogens with one attached hydrogen (secondary N) is 1. The maximum Gasteiger partial charge on any atom is 0.163 e. The summed E-state index contributed by atoms with van der Waals surface area (Å²) in [6.07, 6.45) is -0.173. The number of rotatable bonds is 6. The molecule has 7 aromatic rings. The van der Waals surface area contributed by atoms with Gasteiger partial charge < -0.3 is 9.47 Å².